The third kappa shape index (κ3) is 5.84. The smallest absolute Gasteiger partial charge is 0.250 e. The molecule has 0 spiro atoms. The van der Waals surface area contributed by atoms with E-state index in [0.717, 1.165) is 22.6 Å². The number of thioether (sulfide) groups is 1. The van der Waals surface area contributed by atoms with Crippen molar-refractivity contribution >= 4 is 23.9 Å². The molecule has 0 bridgehead atoms. The molecule has 0 saturated carbocycles. The van der Waals surface area contributed by atoms with Gasteiger partial charge in [-0.05, 0) is 60.2 Å². The topological polar surface area (TPSA) is 99.9 Å². The lowest BCUT2D eigenvalue weighted by atomic mass is 10.2. The number of nitrogens with zero attached hydrogens (tertiary/aromatic N) is 4. The Morgan fingerprint density at radius 2 is 1.69 bits per heavy atom. The molecule has 1 aromatic heterocycles. The lowest BCUT2D eigenvalue weighted by Crippen LogP contribution is -2.20. The molecule has 0 atom stereocenters. The summed E-state index contributed by atoms with van der Waals surface area (Å²) in [6.07, 6.45) is 1.54. The first-order chi connectivity index (χ1) is 17.6. The molecule has 1 heterocycles. The zero-order valence-electron chi connectivity index (χ0n) is 20.0. The Hall–Kier alpha value is -4.31. The van der Waals surface area contributed by atoms with Gasteiger partial charge in [0.1, 0.15) is 5.75 Å². The third-order valence-corrected chi connectivity index (χ3v) is 6.07. The Morgan fingerprint density at radius 1 is 0.944 bits per heavy atom. The molecule has 0 aliphatic heterocycles. The monoisotopic (exact) mass is 503 g/mol. The van der Waals surface area contributed by atoms with E-state index in [9.17, 15) is 4.79 Å². The number of nitrogens with one attached hydrogen (secondary N) is 1. The second kappa shape index (κ2) is 11.9. The number of aromatic nitrogens is 3. The standard InChI is InChI=1S/C26H25N5O4S/c1-33-21-12-10-19(11-13-21)25-29-30-26(31(25)20-7-5-4-6-8-20)36-17-24(32)28-27-16-18-9-14-22(34-2)23(15-18)35-3/h4-16H,17H2,1-3H3,(H,28,32)/b27-16-. The van der Waals surface area contributed by atoms with Crippen molar-refractivity contribution in [3.05, 3.63) is 78.4 Å². The number of para-hydroxylation sites is 1. The van der Waals surface area contributed by atoms with Crippen molar-refractivity contribution in [2.24, 2.45) is 5.10 Å². The highest BCUT2D eigenvalue weighted by molar-refractivity contribution is 7.99. The number of carbonyl (C=O) groups excluding carboxylic acids is 1. The zero-order chi connectivity index (χ0) is 25.3. The number of carbonyl (C=O) groups is 1. The predicted octanol–water partition coefficient (Wildman–Crippen LogP) is 4.20. The van der Waals surface area contributed by atoms with Gasteiger partial charge >= 0.3 is 0 Å². The fraction of sp³-hybridized carbons (Fsp3) is 0.154. The average Bonchev–Trinajstić information content (AvgIpc) is 3.36. The van der Waals surface area contributed by atoms with Crippen LogP contribution in [0.5, 0.6) is 17.2 Å². The van der Waals surface area contributed by atoms with Crippen molar-refractivity contribution in [3.8, 4) is 34.3 Å². The van der Waals surface area contributed by atoms with Gasteiger partial charge in [0.15, 0.2) is 22.5 Å². The summed E-state index contributed by atoms with van der Waals surface area (Å²) in [5.41, 5.74) is 5.07. The maximum Gasteiger partial charge on any atom is 0.250 e. The minimum absolute atomic E-state index is 0.108. The van der Waals surface area contributed by atoms with E-state index in [2.05, 4.69) is 20.7 Å². The molecule has 0 fully saturated rings. The van der Waals surface area contributed by atoms with E-state index in [4.69, 9.17) is 14.2 Å². The number of benzene rings is 3. The molecule has 3 aromatic carbocycles. The highest BCUT2D eigenvalue weighted by Crippen LogP contribution is 2.29. The summed E-state index contributed by atoms with van der Waals surface area (Å²) in [7, 11) is 4.76. The minimum Gasteiger partial charge on any atom is -0.497 e. The Morgan fingerprint density at radius 3 is 2.39 bits per heavy atom. The summed E-state index contributed by atoms with van der Waals surface area (Å²) in [4.78, 5) is 12.5. The lowest BCUT2D eigenvalue weighted by molar-refractivity contribution is -0.118. The largest absolute Gasteiger partial charge is 0.497 e. The predicted molar refractivity (Wildman–Crippen MR) is 139 cm³/mol. The van der Waals surface area contributed by atoms with Crippen LogP contribution in [0.4, 0.5) is 0 Å². The van der Waals surface area contributed by atoms with Gasteiger partial charge < -0.3 is 14.2 Å². The highest BCUT2D eigenvalue weighted by atomic mass is 32.2. The van der Waals surface area contributed by atoms with Crippen LogP contribution in [0.1, 0.15) is 5.56 Å². The summed E-state index contributed by atoms with van der Waals surface area (Å²) in [5, 5.41) is 13.4. The molecule has 0 aliphatic rings. The fourth-order valence-electron chi connectivity index (χ4n) is 3.37. The van der Waals surface area contributed by atoms with E-state index in [1.165, 1.54) is 11.8 Å². The zero-order valence-corrected chi connectivity index (χ0v) is 20.9. The van der Waals surface area contributed by atoms with Crippen molar-refractivity contribution in [3.63, 3.8) is 0 Å². The summed E-state index contributed by atoms with van der Waals surface area (Å²) < 4.78 is 17.7. The van der Waals surface area contributed by atoms with Crippen molar-refractivity contribution in [2.45, 2.75) is 5.16 Å². The molecule has 184 valence electrons. The van der Waals surface area contributed by atoms with Crippen molar-refractivity contribution in [1.82, 2.24) is 20.2 Å². The molecule has 4 rings (SSSR count). The van der Waals surface area contributed by atoms with Crippen LogP contribution in [0.25, 0.3) is 17.1 Å². The van der Waals surface area contributed by atoms with E-state index in [1.54, 1.807) is 39.7 Å². The number of rotatable bonds is 10. The number of hydrazone groups is 1. The van der Waals surface area contributed by atoms with Crippen molar-refractivity contribution in [1.29, 1.82) is 0 Å². The molecule has 4 aromatic rings. The summed E-state index contributed by atoms with van der Waals surface area (Å²) in [5.74, 6) is 2.45. The maximum absolute atomic E-state index is 12.5. The normalized spacial score (nSPS) is 10.9. The summed E-state index contributed by atoms with van der Waals surface area (Å²) in [6.45, 7) is 0. The molecule has 0 radical (unpaired) electrons. The van der Waals surface area contributed by atoms with Gasteiger partial charge in [0.05, 0.1) is 33.3 Å². The molecule has 0 saturated heterocycles. The van der Waals surface area contributed by atoms with Gasteiger partial charge in [-0.2, -0.15) is 5.10 Å². The summed E-state index contributed by atoms with van der Waals surface area (Å²) in [6, 6.07) is 22.7. The number of methoxy groups -OCH3 is 3. The van der Waals surface area contributed by atoms with Crippen LogP contribution in [0.2, 0.25) is 0 Å². The lowest BCUT2D eigenvalue weighted by Gasteiger charge is -2.10. The number of hydrogen-bond donors (Lipinski definition) is 1. The third-order valence-electron chi connectivity index (χ3n) is 5.14. The van der Waals surface area contributed by atoms with Crippen LogP contribution in [0, 0.1) is 0 Å². The van der Waals surface area contributed by atoms with Gasteiger partial charge in [-0.1, -0.05) is 30.0 Å². The van der Waals surface area contributed by atoms with Gasteiger partial charge in [-0.15, -0.1) is 10.2 Å². The van der Waals surface area contributed by atoms with Crippen molar-refractivity contribution in [2.75, 3.05) is 27.1 Å². The Bertz CT molecular complexity index is 1340. The van der Waals surface area contributed by atoms with Crippen LogP contribution in [0.15, 0.2) is 83.1 Å². The van der Waals surface area contributed by atoms with E-state index < -0.39 is 0 Å². The van der Waals surface area contributed by atoms with Crippen molar-refractivity contribution < 1.29 is 19.0 Å². The van der Waals surface area contributed by atoms with Crippen LogP contribution in [-0.4, -0.2) is 54.0 Å². The van der Waals surface area contributed by atoms with Crippen LogP contribution < -0.4 is 19.6 Å². The second-order valence-electron chi connectivity index (χ2n) is 7.40. The highest BCUT2D eigenvalue weighted by Gasteiger charge is 2.17. The SMILES string of the molecule is COc1ccc(-c2nnc(SCC(=O)N/N=C\c3ccc(OC)c(OC)c3)n2-c2ccccc2)cc1. The Kier molecular flexibility index (Phi) is 8.20. The van der Waals surface area contributed by atoms with Crippen LogP contribution in [-0.2, 0) is 4.79 Å². The molecule has 1 amide bonds. The maximum atomic E-state index is 12.5. The molecule has 0 aliphatic carbocycles. The number of hydrogen-bond acceptors (Lipinski definition) is 8. The molecular formula is C26H25N5O4S. The van der Waals surface area contributed by atoms with E-state index >= 15 is 0 Å². The molecule has 10 heteroatoms. The number of amides is 1. The van der Waals surface area contributed by atoms with E-state index in [-0.39, 0.29) is 11.7 Å². The molecule has 36 heavy (non-hydrogen) atoms. The average molecular weight is 504 g/mol. The first kappa shape index (κ1) is 24.8. The molecule has 0 unspecified atom stereocenters. The van der Waals surface area contributed by atoms with E-state index in [0.29, 0.717) is 22.5 Å². The quantitative estimate of drug-likeness (QED) is 0.197. The first-order valence-corrected chi connectivity index (χ1v) is 11.9. The van der Waals surface area contributed by atoms with Gasteiger partial charge in [0, 0.05) is 11.3 Å². The summed E-state index contributed by atoms with van der Waals surface area (Å²) >= 11 is 1.27. The number of ether oxygens (including phenoxy) is 3. The fourth-order valence-corrected chi connectivity index (χ4v) is 4.12. The Balaban J connectivity index is 1.47. The van der Waals surface area contributed by atoms with Gasteiger partial charge in [0.25, 0.3) is 5.91 Å². The Labute approximate surface area is 213 Å². The minimum atomic E-state index is -0.273. The first-order valence-electron chi connectivity index (χ1n) is 10.9. The van der Waals surface area contributed by atoms with Crippen LogP contribution in [0.3, 0.4) is 0 Å². The molecule has 9 nitrogen and oxygen atoms in total. The van der Waals surface area contributed by atoms with Gasteiger partial charge in [-0.3, -0.25) is 9.36 Å². The second-order valence-corrected chi connectivity index (χ2v) is 8.34. The van der Waals surface area contributed by atoms with E-state index in [1.807, 2.05) is 65.2 Å². The van der Waals surface area contributed by atoms with Gasteiger partial charge in [-0.25, -0.2) is 5.43 Å². The van der Waals surface area contributed by atoms with Gasteiger partial charge in [0.2, 0.25) is 0 Å². The molecule has 1 N–H and O–H groups in total. The van der Waals surface area contributed by atoms with Crippen LogP contribution >= 0.6 is 11.8 Å². The molecular weight excluding hydrogens is 478 g/mol.